The molecule has 11 heteroatoms. The van der Waals surface area contributed by atoms with E-state index in [9.17, 15) is 9.00 Å². The van der Waals surface area contributed by atoms with Crippen molar-refractivity contribution in [2.24, 2.45) is 0 Å². The SMILES string of the molecule is Cc1csc(S(=O)C2(c3cc(N4CCOC[C@@H]4C)nc(-c4ccc(NC(=O)NC5CCC5)cc4)n3)CC2)n1. The molecule has 0 radical (unpaired) electrons. The van der Waals surface area contributed by atoms with Crippen molar-refractivity contribution in [3.05, 3.63) is 47.1 Å². The van der Waals surface area contributed by atoms with Crippen molar-refractivity contribution in [1.82, 2.24) is 20.3 Å². The van der Waals surface area contributed by atoms with E-state index in [4.69, 9.17) is 14.7 Å². The molecule has 1 aromatic carbocycles. The maximum Gasteiger partial charge on any atom is 0.319 e. The number of amides is 2. The predicted octanol–water partition coefficient (Wildman–Crippen LogP) is 4.60. The first-order chi connectivity index (χ1) is 18.4. The molecule has 1 unspecified atom stereocenters. The van der Waals surface area contributed by atoms with Crippen LogP contribution in [0, 0.1) is 6.92 Å². The molecule has 2 N–H and O–H groups in total. The fourth-order valence-corrected chi connectivity index (χ4v) is 7.68. The van der Waals surface area contributed by atoms with Gasteiger partial charge < -0.3 is 20.3 Å². The maximum atomic E-state index is 13.7. The third kappa shape index (κ3) is 5.06. The summed E-state index contributed by atoms with van der Waals surface area (Å²) >= 11 is 1.45. The van der Waals surface area contributed by atoms with Gasteiger partial charge in [-0.15, -0.1) is 11.3 Å². The van der Waals surface area contributed by atoms with Gasteiger partial charge in [-0.3, -0.25) is 4.21 Å². The Morgan fingerprint density at radius 3 is 2.61 bits per heavy atom. The summed E-state index contributed by atoms with van der Waals surface area (Å²) < 4.78 is 19.5. The first-order valence-corrected chi connectivity index (χ1v) is 15.2. The third-order valence-electron chi connectivity index (χ3n) is 7.50. The van der Waals surface area contributed by atoms with Gasteiger partial charge in [0.1, 0.15) is 5.82 Å². The number of aromatic nitrogens is 3. The summed E-state index contributed by atoms with van der Waals surface area (Å²) in [6.07, 6.45) is 4.84. The second kappa shape index (κ2) is 10.3. The molecular formula is C27H32N6O3S2. The summed E-state index contributed by atoms with van der Waals surface area (Å²) in [5, 5.41) is 7.84. The molecule has 2 atom stereocenters. The summed E-state index contributed by atoms with van der Waals surface area (Å²) in [4.78, 5) is 29.0. The summed E-state index contributed by atoms with van der Waals surface area (Å²) in [7, 11) is -1.29. The van der Waals surface area contributed by atoms with Crippen molar-refractivity contribution in [3.8, 4) is 11.4 Å². The van der Waals surface area contributed by atoms with Crippen molar-refractivity contribution in [1.29, 1.82) is 0 Å². The molecule has 6 rings (SSSR count). The number of carbonyl (C=O) groups is 1. The van der Waals surface area contributed by atoms with E-state index < -0.39 is 15.5 Å². The minimum atomic E-state index is -1.29. The Morgan fingerprint density at radius 1 is 1.18 bits per heavy atom. The largest absolute Gasteiger partial charge is 0.377 e. The Hall–Kier alpha value is -2.89. The normalized spacial score (nSPS) is 21.4. The quantitative estimate of drug-likeness (QED) is 0.441. The van der Waals surface area contributed by atoms with Gasteiger partial charge in [0.2, 0.25) is 0 Å². The van der Waals surface area contributed by atoms with E-state index in [-0.39, 0.29) is 18.1 Å². The van der Waals surface area contributed by atoms with Crippen molar-refractivity contribution >= 4 is 39.7 Å². The van der Waals surface area contributed by atoms with Crippen LogP contribution in [0.2, 0.25) is 0 Å². The van der Waals surface area contributed by atoms with Crippen molar-refractivity contribution < 1.29 is 13.7 Å². The van der Waals surface area contributed by atoms with Crippen LogP contribution in [0.3, 0.4) is 0 Å². The highest BCUT2D eigenvalue weighted by atomic mass is 32.2. The zero-order chi connectivity index (χ0) is 26.3. The van der Waals surface area contributed by atoms with E-state index in [1.165, 1.54) is 17.8 Å². The number of morpholine rings is 1. The van der Waals surface area contributed by atoms with Gasteiger partial charge in [0.25, 0.3) is 0 Å². The number of nitrogens with zero attached hydrogens (tertiary/aromatic N) is 4. The highest BCUT2D eigenvalue weighted by molar-refractivity contribution is 7.88. The second-order valence-electron chi connectivity index (χ2n) is 10.4. The average Bonchev–Trinajstić information content (AvgIpc) is 3.60. The highest BCUT2D eigenvalue weighted by Crippen LogP contribution is 2.53. The van der Waals surface area contributed by atoms with Crippen LogP contribution >= 0.6 is 11.3 Å². The average molecular weight is 553 g/mol. The number of rotatable bonds is 7. The fraction of sp³-hybridized carbons (Fsp3) is 0.481. The molecule has 2 aromatic heterocycles. The zero-order valence-corrected chi connectivity index (χ0v) is 23.2. The first kappa shape index (κ1) is 25.4. The Balaban J connectivity index is 1.31. The van der Waals surface area contributed by atoms with Crippen molar-refractivity contribution in [2.75, 3.05) is 30.0 Å². The van der Waals surface area contributed by atoms with Crippen LogP contribution in [0.1, 0.15) is 50.4 Å². The maximum absolute atomic E-state index is 13.7. The van der Waals surface area contributed by atoms with E-state index in [1.54, 1.807) is 0 Å². The van der Waals surface area contributed by atoms with E-state index in [0.717, 1.165) is 55.0 Å². The van der Waals surface area contributed by atoms with E-state index in [1.807, 2.05) is 42.6 Å². The standard InChI is InChI=1S/C27H32N6O3S2/c1-17-16-37-26(28-17)38(35)27(10-11-27)22-14-23(33-12-13-36-15-18(33)2)32-24(31-22)19-6-8-21(9-7-19)30-25(34)29-20-4-3-5-20/h6-9,14,16,18,20H,3-5,10-13,15H2,1-2H3,(H2,29,30,34)/t18-,38?/m0/s1. The van der Waals surface area contributed by atoms with Crippen molar-refractivity contribution in [2.45, 2.75) is 67.1 Å². The van der Waals surface area contributed by atoms with Crippen LogP contribution in [0.25, 0.3) is 11.4 Å². The monoisotopic (exact) mass is 552 g/mol. The number of hydrogen-bond acceptors (Lipinski definition) is 8. The van der Waals surface area contributed by atoms with Gasteiger partial charge in [0, 0.05) is 41.0 Å². The second-order valence-corrected chi connectivity index (χ2v) is 13.2. The van der Waals surface area contributed by atoms with E-state index in [2.05, 4.69) is 27.4 Å². The molecular weight excluding hydrogens is 520 g/mol. The number of benzene rings is 1. The van der Waals surface area contributed by atoms with Gasteiger partial charge in [-0.25, -0.2) is 19.7 Å². The Bertz CT molecular complexity index is 1350. The molecule has 0 bridgehead atoms. The molecule has 3 aromatic rings. The zero-order valence-electron chi connectivity index (χ0n) is 21.6. The molecule has 2 amide bonds. The summed E-state index contributed by atoms with van der Waals surface area (Å²) in [6, 6.07) is 9.86. The van der Waals surface area contributed by atoms with Crippen molar-refractivity contribution in [3.63, 3.8) is 0 Å². The third-order valence-corrected chi connectivity index (χ3v) is 10.7. The molecule has 9 nitrogen and oxygen atoms in total. The Kier molecular flexibility index (Phi) is 6.92. The number of hydrogen-bond donors (Lipinski definition) is 2. The van der Waals surface area contributed by atoms with Crippen LogP contribution in [-0.2, 0) is 20.3 Å². The van der Waals surface area contributed by atoms with Crippen LogP contribution in [-0.4, -0.2) is 57.0 Å². The Morgan fingerprint density at radius 2 is 1.97 bits per heavy atom. The number of urea groups is 1. The summed E-state index contributed by atoms with van der Waals surface area (Å²) in [6.45, 7) is 6.05. The van der Waals surface area contributed by atoms with Crippen LogP contribution < -0.4 is 15.5 Å². The van der Waals surface area contributed by atoms with Gasteiger partial charge in [-0.1, -0.05) is 0 Å². The molecule has 0 spiro atoms. The van der Waals surface area contributed by atoms with E-state index >= 15 is 0 Å². The van der Waals surface area contributed by atoms with E-state index in [0.29, 0.717) is 29.1 Å². The fourth-order valence-electron chi connectivity index (χ4n) is 4.85. The molecule has 1 saturated heterocycles. The number of anilines is 2. The smallest absolute Gasteiger partial charge is 0.319 e. The number of ether oxygens (including phenoxy) is 1. The molecule has 2 saturated carbocycles. The number of nitrogens with one attached hydrogen (secondary N) is 2. The van der Waals surface area contributed by atoms with Gasteiger partial charge >= 0.3 is 6.03 Å². The summed E-state index contributed by atoms with van der Waals surface area (Å²) in [5.74, 6) is 1.40. The number of aryl methyl sites for hydroxylation is 1. The lowest BCUT2D eigenvalue weighted by Crippen LogP contribution is -2.44. The molecule has 1 aliphatic heterocycles. The molecule has 38 heavy (non-hydrogen) atoms. The number of thiazole rings is 1. The minimum Gasteiger partial charge on any atom is -0.377 e. The van der Waals surface area contributed by atoms with Crippen LogP contribution in [0.5, 0.6) is 0 Å². The molecule has 3 fully saturated rings. The minimum absolute atomic E-state index is 0.169. The number of carbonyl (C=O) groups excluding carboxylic acids is 1. The first-order valence-electron chi connectivity index (χ1n) is 13.2. The lowest BCUT2D eigenvalue weighted by atomic mass is 9.93. The van der Waals surface area contributed by atoms with Crippen LogP contribution in [0.15, 0.2) is 40.1 Å². The van der Waals surface area contributed by atoms with Gasteiger partial charge in [-0.05, 0) is 70.2 Å². The molecule has 3 aliphatic rings. The lowest BCUT2D eigenvalue weighted by molar-refractivity contribution is 0.0985. The Labute approximate surface area is 228 Å². The highest BCUT2D eigenvalue weighted by Gasteiger charge is 2.53. The molecule has 200 valence electrons. The van der Waals surface area contributed by atoms with Gasteiger partial charge in [-0.2, -0.15) is 0 Å². The van der Waals surface area contributed by atoms with Gasteiger partial charge in [0.05, 0.1) is 40.5 Å². The topological polar surface area (TPSA) is 109 Å². The lowest BCUT2D eigenvalue weighted by Gasteiger charge is -2.34. The van der Waals surface area contributed by atoms with Gasteiger partial charge in [0.15, 0.2) is 10.2 Å². The summed E-state index contributed by atoms with van der Waals surface area (Å²) in [5.41, 5.74) is 3.23. The molecule has 3 heterocycles. The predicted molar refractivity (Wildman–Crippen MR) is 149 cm³/mol. The van der Waals surface area contributed by atoms with Crippen LogP contribution in [0.4, 0.5) is 16.3 Å². The molecule has 2 aliphatic carbocycles.